The van der Waals surface area contributed by atoms with Gasteiger partial charge in [-0.3, -0.25) is 9.29 Å². The van der Waals surface area contributed by atoms with Gasteiger partial charge in [-0.1, -0.05) is 30.3 Å². The zero-order chi connectivity index (χ0) is 25.5. The third-order valence-corrected chi connectivity index (χ3v) is 7.76. The van der Waals surface area contributed by atoms with Crippen LogP contribution >= 0.6 is 0 Å². The van der Waals surface area contributed by atoms with Crippen LogP contribution in [0.1, 0.15) is 46.4 Å². The van der Waals surface area contributed by atoms with Crippen molar-refractivity contribution in [1.29, 1.82) is 0 Å². The zero-order valence-corrected chi connectivity index (χ0v) is 21.3. The van der Waals surface area contributed by atoms with Crippen LogP contribution in [-0.4, -0.2) is 41.2 Å². The Hall–Kier alpha value is -3.51. The van der Waals surface area contributed by atoms with E-state index in [9.17, 15) is 4.39 Å². The maximum absolute atomic E-state index is 15.5. The first-order chi connectivity index (χ1) is 18.1. The number of aromatic nitrogens is 2. The predicted molar refractivity (Wildman–Crippen MR) is 143 cm³/mol. The number of imidazole rings is 1. The molecule has 0 saturated carbocycles. The molecule has 4 nitrogen and oxygen atoms in total. The number of nitrogens with zero attached hydrogens (tertiary/aromatic N) is 3. The number of allylic oxidation sites excluding steroid dienone is 1. The average molecular weight is 500 g/mol. The van der Waals surface area contributed by atoms with Crippen LogP contribution < -0.4 is 4.74 Å². The quantitative estimate of drug-likeness (QED) is 0.304. The first-order valence-electron chi connectivity index (χ1n) is 13.0. The summed E-state index contributed by atoms with van der Waals surface area (Å²) >= 11 is 0. The molecule has 0 N–H and O–H groups in total. The maximum Gasteiger partial charge on any atom is 0.168 e. The summed E-state index contributed by atoms with van der Waals surface area (Å²) in [5.41, 5.74) is 9.18. The number of hydrogen-bond donors (Lipinski definition) is 0. The number of benzene rings is 2. The molecule has 2 aliphatic rings. The molecule has 0 bridgehead atoms. The fraction of sp³-hybridized carbons (Fsp3) is 0.323. The molecule has 190 valence electrons. The number of halogens is 2. The number of ether oxygens (including phenoxy) is 1. The van der Waals surface area contributed by atoms with E-state index < -0.39 is 0 Å². The highest BCUT2D eigenvalue weighted by molar-refractivity contribution is 6.00. The molecule has 3 heterocycles. The van der Waals surface area contributed by atoms with Gasteiger partial charge in [0.15, 0.2) is 11.6 Å². The van der Waals surface area contributed by atoms with Crippen LogP contribution in [0.2, 0.25) is 0 Å². The molecule has 2 aromatic carbocycles. The standard InChI is InChI=1S/C31H31F2N3O/c1-20-6-3-4-7-24(20)25-8-5-9-27-26(10-11-28(37-2)31(27)33)30(25)22-12-13-36-19-23(34-29(36)14-22)18-35-16-21(15-32)17-35/h3-4,6-7,10-14,19,21H,5,8-9,15-18H2,1-2H3. The van der Waals surface area contributed by atoms with E-state index in [1.54, 1.807) is 6.07 Å². The van der Waals surface area contributed by atoms with Crippen LogP contribution in [0.15, 0.2) is 60.9 Å². The number of alkyl halides is 1. The SMILES string of the molecule is COc1ccc2c(c1F)CCCC(c1ccccc1C)=C2c1ccn2cc(CN3CC(CF)C3)nc2c1. The van der Waals surface area contributed by atoms with Gasteiger partial charge in [0.2, 0.25) is 0 Å². The highest BCUT2D eigenvalue weighted by atomic mass is 19.1. The molecule has 0 radical (unpaired) electrons. The molecule has 1 saturated heterocycles. The molecular weight excluding hydrogens is 468 g/mol. The van der Waals surface area contributed by atoms with Crippen molar-refractivity contribution in [2.24, 2.45) is 5.92 Å². The van der Waals surface area contributed by atoms with Crippen LogP contribution in [0.5, 0.6) is 5.75 Å². The van der Waals surface area contributed by atoms with Crippen molar-refractivity contribution in [1.82, 2.24) is 14.3 Å². The molecule has 0 amide bonds. The lowest BCUT2D eigenvalue weighted by Gasteiger charge is -2.37. The molecule has 1 aliphatic carbocycles. The Kier molecular flexibility index (Phi) is 6.29. The van der Waals surface area contributed by atoms with Crippen LogP contribution in [0.4, 0.5) is 8.78 Å². The van der Waals surface area contributed by atoms with Gasteiger partial charge in [-0.25, -0.2) is 9.37 Å². The number of fused-ring (bicyclic) bond motifs is 2. The molecule has 1 fully saturated rings. The van der Waals surface area contributed by atoms with Gasteiger partial charge in [0.05, 0.1) is 19.5 Å². The van der Waals surface area contributed by atoms with Gasteiger partial charge >= 0.3 is 0 Å². The summed E-state index contributed by atoms with van der Waals surface area (Å²) in [5.74, 6) is 0.172. The van der Waals surface area contributed by atoms with Gasteiger partial charge < -0.3 is 9.14 Å². The first kappa shape index (κ1) is 23.9. The largest absolute Gasteiger partial charge is 0.494 e. The Labute approximate surface area is 216 Å². The van der Waals surface area contributed by atoms with E-state index in [0.29, 0.717) is 12.0 Å². The summed E-state index contributed by atoms with van der Waals surface area (Å²) in [6.45, 7) is 4.17. The Morgan fingerprint density at radius 2 is 1.89 bits per heavy atom. The molecule has 0 atom stereocenters. The van der Waals surface area contributed by atoms with Gasteiger partial charge in [-0.15, -0.1) is 0 Å². The zero-order valence-electron chi connectivity index (χ0n) is 21.3. The van der Waals surface area contributed by atoms with Gasteiger partial charge in [0, 0.05) is 37.9 Å². The topological polar surface area (TPSA) is 29.8 Å². The summed E-state index contributed by atoms with van der Waals surface area (Å²) in [5, 5.41) is 0. The lowest BCUT2D eigenvalue weighted by atomic mass is 9.86. The maximum atomic E-state index is 15.5. The number of rotatable bonds is 6. The van der Waals surface area contributed by atoms with Gasteiger partial charge in [-0.2, -0.15) is 0 Å². The lowest BCUT2D eigenvalue weighted by molar-refractivity contribution is 0.0727. The fourth-order valence-corrected chi connectivity index (χ4v) is 5.87. The minimum Gasteiger partial charge on any atom is -0.494 e. The molecule has 4 aromatic rings. The van der Waals surface area contributed by atoms with Crippen LogP contribution in [-0.2, 0) is 13.0 Å². The van der Waals surface area contributed by atoms with Crippen LogP contribution in [0.25, 0.3) is 16.8 Å². The van der Waals surface area contributed by atoms with Crippen LogP contribution in [0, 0.1) is 18.7 Å². The number of aryl methyl sites for hydroxylation is 1. The van der Waals surface area contributed by atoms with E-state index in [4.69, 9.17) is 9.72 Å². The predicted octanol–water partition coefficient (Wildman–Crippen LogP) is 6.49. The molecular formula is C31H31F2N3O. The van der Waals surface area contributed by atoms with Crippen molar-refractivity contribution in [3.8, 4) is 5.75 Å². The van der Waals surface area contributed by atoms with E-state index >= 15 is 4.39 Å². The normalized spacial score (nSPS) is 16.5. The van der Waals surface area contributed by atoms with Gasteiger partial charge in [0.25, 0.3) is 0 Å². The summed E-state index contributed by atoms with van der Waals surface area (Å²) in [4.78, 5) is 7.12. The van der Waals surface area contributed by atoms with Crippen LogP contribution in [0.3, 0.4) is 0 Å². The highest BCUT2D eigenvalue weighted by Gasteiger charge is 2.27. The second-order valence-corrected chi connectivity index (χ2v) is 10.3. The molecule has 1 aliphatic heterocycles. The molecule has 2 aromatic heterocycles. The number of likely N-dealkylation sites (tertiary alicyclic amines) is 1. The minimum absolute atomic E-state index is 0.157. The Morgan fingerprint density at radius 1 is 1.05 bits per heavy atom. The van der Waals surface area contributed by atoms with Gasteiger partial charge in [0.1, 0.15) is 5.65 Å². The Balaban J connectivity index is 1.49. The lowest BCUT2D eigenvalue weighted by Crippen LogP contribution is -2.46. The number of hydrogen-bond acceptors (Lipinski definition) is 3. The third kappa shape index (κ3) is 4.33. The monoisotopic (exact) mass is 499 g/mol. The first-order valence-corrected chi connectivity index (χ1v) is 13.0. The highest BCUT2D eigenvalue weighted by Crippen LogP contribution is 2.42. The second kappa shape index (κ2) is 9.75. The molecule has 0 spiro atoms. The van der Waals surface area contributed by atoms with Crippen molar-refractivity contribution in [2.45, 2.75) is 32.7 Å². The minimum atomic E-state index is -0.270. The van der Waals surface area contributed by atoms with E-state index in [1.807, 2.05) is 22.9 Å². The third-order valence-electron chi connectivity index (χ3n) is 7.76. The van der Waals surface area contributed by atoms with E-state index in [0.717, 1.165) is 60.5 Å². The van der Waals surface area contributed by atoms with E-state index in [1.165, 1.54) is 23.8 Å². The molecule has 0 unspecified atom stereocenters. The summed E-state index contributed by atoms with van der Waals surface area (Å²) < 4.78 is 35.7. The number of methoxy groups -OCH3 is 1. The summed E-state index contributed by atoms with van der Waals surface area (Å²) in [7, 11) is 1.51. The molecule has 37 heavy (non-hydrogen) atoms. The Morgan fingerprint density at radius 3 is 2.68 bits per heavy atom. The smallest absolute Gasteiger partial charge is 0.168 e. The second-order valence-electron chi connectivity index (χ2n) is 10.3. The summed E-state index contributed by atoms with van der Waals surface area (Å²) in [6, 6.07) is 16.4. The van der Waals surface area contributed by atoms with Crippen molar-refractivity contribution >= 4 is 16.8 Å². The molecule has 6 heteroatoms. The summed E-state index contributed by atoms with van der Waals surface area (Å²) in [6.07, 6.45) is 6.45. The van der Waals surface area contributed by atoms with E-state index in [-0.39, 0.29) is 24.2 Å². The Bertz CT molecular complexity index is 1500. The van der Waals surface area contributed by atoms with Gasteiger partial charge in [-0.05, 0) is 83.3 Å². The average Bonchev–Trinajstić information content (AvgIpc) is 3.18. The van der Waals surface area contributed by atoms with Crippen molar-refractivity contribution in [3.63, 3.8) is 0 Å². The van der Waals surface area contributed by atoms with Crippen molar-refractivity contribution in [3.05, 3.63) is 100 Å². The number of pyridine rings is 1. The molecule has 6 rings (SSSR count). The fourth-order valence-electron chi connectivity index (χ4n) is 5.87. The van der Waals surface area contributed by atoms with E-state index in [2.05, 4.69) is 48.2 Å². The van der Waals surface area contributed by atoms with Crippen molar-refractivity contribution < 1.29 is 13.5 Å². The van der Waals surface area contributed by atoms with Crippen molar-refractivity contribution in [2.75, 3.05) is 26.9 Å².